The van der Waals surface area contributed by atoms with Gasteiger partial charge in [0.2, 0.25) is 0 Å². The number of nitrogens with two attached hydrogens (primary N) is 1. The molecule has 0 radical (unpaired) electrons. The zero-order valence-electron chi connectivity index (χ0n) is 17.8. The average Bonchev–Trinajstić information content (AvgIpc) is 2.80. The van der Waals surface area contributed by atoms with Gasteiger partial charge in [0.25, 0.3) is 0 Å². The highest BCUT2D eigenvalue weighted by Crippen LogP contribution is 2.31. The molecule has 1 aliphatic heterocycles. The summed E-state index contributed by atoms with van der Waals surface area (Å²) in [6, 6.07) is 8.74. The van der Waals surface area contributed by atoms with Crippen LogP contribution in [0.1, 0.15) is 0 Å². The quantitative estimate of drug-likeness (QED) is 0.414. The third kappa shape index (κ3) is 6.71. The summed E-state index contributed by atoms with van der Waals surface area (Å²) in [6.45, 7) is 7.61. The van der Waals surface area contributed by atoms with E-state index in [1.165, 1.54) is 6.33 Å². The number of hydrogen-bond acceptors (Lipinski definition) is 7. The summed E-state index contributed by atoms with van der Waals surface area (Å²) in [7, 11) is 1.63. The van der Waals surface area contributed by atoms with Gasteiger partial charge >= 0.3 is 0 Å². The van der Waals surface area contributed by atoms with Crippen LogP contribution in [0.5, 0.6) is 11.5 Å². The fourth-order valence-corrected chi connectivity index (χ4v) is 3.49. The van der Waals surface area contributed by atoms with Gasteiger partial charge in [-0.15, -0.1) is 6.58 Å². The molecule has 2 heterocycles. The maximum atomic E-state index is 5.94. The zero-order valence-corrected chi connectivity index (χ0v) is 19.4. The maximum absolute atomic E-state index is 5.94. The molecular weight excluding hydrogens is 451 g/mol. The van der Waals surface area contributed by atoms with Crippen LogP contribution in [0, 0.1) is 0 Å². The molecule has 4 rings (SSSR count). The Morgan fingerprint density at radius 2 is 2.09 bits per heavy atom. The summed E-state index contributed by atoms with van der Waals surface area (Å²) in [5, 5.41) is 1.95. The smallest absolute Gasteiger partial charge is 0.163 e. The fourth-order valence-electron chi connectivity index (χ4n) is 3.19. The van der Waals surface area contributed by atoms with Gasteiger partial charge in [-0.25, -0.2) is 9.97 Å². The highest BCUT2D eigenvalue weighted by atomic mass is 35.5. The van der Waals surface area contributed by atoms with E-state index in [1.807, 2.05) is 18.2 Å². The molecule has 0 aliphatic carbocycles. The number of anilines is 1. The van der Waals surface area contributed by atoms with Gasteiger partial charge in [-0.05, 0) is 24.3 Å². The first-order chi connectivity index (χ1) is 15.5. The highest BCUT2D eigenvalue weighted by Gasteiger charge is 2.21. The summed E-state index contributed by atoms with van der Waals surface area (Å²) >= 11 is 11.2. The molecule has 0 spiro atoms. The number of nitrogens with zero attached hydrogens (tertiary/aromatic N) is 3. The van der Waals surface area contributed by atoms with Gasteiger partial charge in [0.1, 0.15) is 19.0 Å². The lowest BCUT2D eigenvalue weighted by molar-refractivity contribution is -0.0448. The van der Waals surface area contributed by atoms with E-state index in [2.05, 4.69) is 21.4 Å². The van der Waals surface area contributed by atoms with Gasteiger partial charge < -0.3 is 19.9 Å². The van der Waals surface area contributed by atoms with Crippen LogP contribution in [0.15, 0.2) is 55.5 Å². The third-order valence-electron chi connectivity index (χ3n) is 4.77. The highest BCUT2D eigenvalue weighted by molar-refractivity contribution is 6.42. The molecule has 3 aromatic rings. The number of nitrogen functional groups attached to an aromatic ring is 1. The Bertz CT molecular complexity index is 1050. The molecule has 2 N–H and O–H groups in total. The minimum absolute atomic E-state index is 0.0366. The first-order valence-corrected chi connectivity index (χ1v) is 10.8. The van der Waals surface area contributed by atoms with E-state index in [0.29, 0.717) is 40.4 Å². The lowest BCUT2D eigenvalue weighted by atomic mass is 10.2. The van der Waals surface area contributed by atoms with E-state index in [1.54, 1.807) is 31.5 Å². The van der Waals surface area contributed by atoms with Crippen molar-refractivity contribution in [2.75, 3.05) is 45.7 Å². The number of methoxy groups -OCH3 is 1. The van der Waals surface area contributed by atoms with Crippen molar-refractivity contribution in [3.63, 3.8) is 0 Å². The van der Waals surface area contributed by atoms with Crippen LogP contribution in [-0.4, -0.2) is 60.9 Å². The number of ether oxygens (including phenoxy) is 3. The number of morpholine rings is 1. The minimum Gasteiger partial charge on any atom is -0.493 e. The zero-order chi connectivity index (χ0) is 22.9. The number of aromatic nitrogens is 2. The molecule has 32 heavy (non-hydrogen) atoms. The second-order valence-corrected chi connectivity index (χ2v) is 7.92. The van der Waals surface area contributed by atoms with Crippen LogP contribution in [0.25, 0.3) is 10.9 Å². The van der Waals surface area contributed by atoms with E-state index in [0.717, 1.165) is 30.5 Å². The van der Waals surface area contributed by atoms with Crippen molar-refractivity contribution >= 4 is 39.8 Å². The maximum Gasteiger partial charge on any atom is 0.163 e. The summed E-state index contributed by atoms with van der Waals surface area (Å²) in [6.07, 6.45) is 5.23. The summed E-state index contributed by atoms with van der Waals surface area (Å²) in [4.78, 5) is 10.6. The normalized spacial score (nSPS) is 16.2. The molecule has 1 atom stereocenters. The fraction of sp³-hybridized carbons (Fsp3) is 0.304. The van der Waals surface area contributed by atoms with E-state index >= 15 is 0 Å². The monoisotopic (exact) mass is 476 g/mol. The standard InChI is InChI=1S/C17H21N3O3.C6H5Cl2N/c1-3-4-20-5-6-22-14(10-20)11-23-17-8-15-13(7-16(17)21-2)9-18-12-19-15;7-5-2-1-4(9)3-6(5)8/h3,7-9,12,14H,1,4-6,10-11H2,2H3;1-3H,9H2. The van der Waals surface area contributed by atoms with Crippen molar-refractivity contribution in [3.05, 3.63) is 65.6 Å². The molecule has 2 aromatic carbocycles. The van der Waals surface area contributed by atoms with Crippen molar-refractivity contribution in [2.45, 2.75) is 6.10 Å². The van der Waals surface area contributed by atoms with Gasteiger partial charge in [0, 0.05) is 43.0 Å². The summed E-state index contributed by atoms with van der Waals surface area (Å²) in [5.41, 5.74) is 6.84. The molecule has 7 nitrogen and oxygen atoms in total. The summed E-state index contributed by atoms with van der Waals surface area (Å²) < 4.78 is 17.1. The van der Waals surface area contributed by atoms with Gasteiger partial charge in [-0.2, -0.15) is 0 Å². The van der Waals surface area contributed by atoms with Crippen LogP contribution in [0.4, 0.5) is 5.69 Å². The molecule has 1 saturated heterocycles. The van der Waals surface area contributed by atoms with Gasteiger partial charge in [-0.1, -0.05) is 29.3 Å². The van der Waals surface area contributed by atoms with Crippen molar-refractivity contribution in [1.29, 1.82) is 0 Å². The molecular formula is C23H26Cl2N4O3. The number of benzene rings is 2. The van der Waals surface area contributed by atoms with Crippen LogP contribution in [-0.2, 0) is 4.74 Å². The van der Waals surface area contributed by atoms with Crippen LogP contribution < -0.4 is 15.2 Å². The number of hydrogen-bond donors (Lipinski definition) is 1. The number of rotatable bonds is 6. The van der Waals surface area contributed by atoms with Crippen molar-refractivity contribution in [2.24, 2.45) is 0 Å². The van der Waals surface area contributed by atoms with Crippen LogP contribution >= 0.6 is 23.2 Å². The summed E-state index contributed by atoms with van der Waals surface area (Å²) in [5.74, 6) is 1.34. The molecule has 1 unspecified atom stereocenters. The Balaban J connectivity index is 0.000000269. The molecule has 0 amide bonds. The second-order valence-electron chi connectivity index (χ2n) is 7.11. The van der Waals surface area contributed by atoms with Gasteiger partial charge in [0.15, 0.2) is 11.5 Å². The molecule has 1 aliphatic rings. The first-order valence-electron chi connectivity index (χ1n) is 10.1. The van der Waals surface area contributed by atoms with Crippen molar-refractivity contribution < 1.29 is 14.2 Å². The predicted octanol–water partition coefficient (Wildman–Crippen LogP) is 4.48. The van der Waals surface area contributed by atoms with Gasteiger partial charge in [-0.3, -0.25) is 4.90 Å². The van der Waals surface area contributed by atoms with E-state index < -0.39 is 0 Å². The van der Waals surface area contributed by atoms with E-state index in [-0.39, 0.29) is 6.10 Å². The Morgan fingerprint density at radius 3 is 2.81 bits per heavy atom. The van der Waals surface area contributed by atoms with E-state index in [4.69, 9.17) is 43.1 Å². The topological polar surface area (TPSA) is 82.7 Å². The predicted molar refractivity (Wildman–Crippen MR) is 129 cm³/mol. The average molecular weight is 477 g/mol. The number of halogens is 2. The Kier molecular flexibility index (Phi) is 8.93. The lowest BCUT2D eigenvalue weighted by Crippen LogP contribution is -2.44. The Labute approximate surface area is 197 Å². The number of fused-ring (bicyclic) bond motifs is 1. The third-order valence-corrected chi connectivity index (χ3v) is 5.51. The molecule has 9 heteroatoms. The Morgan fingerprint density at radius 1 is 1.25 bits per heavy atom. The minimum atomic E-state index is 0.0366. The second kappa shape index (κ2) is 11.9. The molecule has 0 saturated carbocycles. The van der Waals surface area contributed by atoms with E-state index in [9.17, 15) is 0 Å². The molecule has 1 fully saturated rings. The van der Waals surface area contributed by atoms with Crippen molar-refractivity contribution in [3.8, 4) is 11.5 Å². The SMILES string of the molecule is C=CCN1CCOC(COc2cc3ncncc3cc2OC)C1.Nc1ccc(Cl)c(Cl)c1. The van der Waals surface area contributed by atoms with Crippen LogP contribution in [0.2, 0.25) is 10.0 Å². The van der Waals surface area contributed by atoms with Crippen molar-refractivity contribution in [1.82, 2.24) is 14.9 Å². The largest absolute Gasteiger partial charge is 0.493 e. The first kappa shape index (κ1) is 24.1. The van der Waals surface area contributed by atoms with Crippen LogP contribution in [0.3, 0.4) is 0 Å². The molecule has 0 bridgehead atoms. The molecule has 1 aromatic heterocycles. The lowest BCUT2D eigenvalue weighted by Gasteiger charge is -2.32. The molecule has 170 valence electrons. The Hall–Kier alpha value is -2.58. The van der Waals surface area contributed by atoms with Gasteiger partial charge in [0.05, 0.1) is 29.3 Å².